The molecule has 1 aliphatic carbocycles. The minimum atomic E-state index is -0.0459. The summed E-state index contributed by atoms with van der Waals surface area (Å²) in [6, 6.07) is 0.320. The van der Waals surface area contributed by atoms with Crippen molar-refractivity contribution in [1.29, 1.82) is 0 Å². The molecule has 0 aromatic heterocycles. The zero-order valence-corrected chi connectivity index (χ0v) is 12.6. The average Bonchev–Trinajstić information content (AvgIpc) is 2.33. The van der Waals surface area contributed by atoms with Crippen LogP contribution in [0.1, 0.15) is 51.9 Å². The molecule has 5 heteroatoms. The van der Waals surface area contributed by atoms with E-state index in [0.717, 1.165) is 26.1 Å². The largest absolute Gasteiger partial charge is 0.381 e. The van der Waals surface area contributed by atoms with Crippen LogP contribution in [0.5, 0.6) is 0 Å². The van der Waals surface area contributed by atoms with E-state index >= 15 is 0 Å². The van der Waals surface area contributed by atoms with Gasteiger partial charge in [-0.3, -0.25) is 4.79 Å². The number of nitrogens with one attached hydrogen (secondary N) is 1. The third-order valence-corrected chi connectivity index (χ3v) is 4.47. The van der Waals surface area contributed by atoms with Crippen molar-refractivity contribution in [3.8, 4) is 0 Å². The maximum atomic E-state index is 11.7. The number of hydrogen-bond acceptors (Lipinski definition) is 3. The van der Waals surface area contributed by atoms with Gasteiger partial charge in [0.15, 0.2) is 0 Å². The second-order valence-corrected chi connectivity index (χ2v) is 6.14. The van der Waals surface area contributed by atoms with Crippen molar-refractivity contribution in [2.75, 3.05) is 13.2 Å². The minimum Gasteiger partial charge on any atom is -0.381 e. The second kappa shape index (κ2) is 7.46. The van der Waals surface area contributed by atoms with E-state index in [9.17, 15) is 4.79 Å². The Morgan fingerprint density at radius 2 is 1.89 bits per heavy atom. The van der Waals surface area contributed by atoms with Crippen LogP contribution in [-0.4, -0.2) is 31.2 Å². The van der Waals surface area contributed by atoms with Crippen LogP contribution in [0.4, 0.5) is 0 Å². The molecule has 1 spiro atoms. The van der Waals surface area contributed by atoms with Crippen molar-refractivity contribution < 1.29 is 9.53 Å². The lowest BCUT2D eigenvalue weighted by molar-refractivity contribution is -0.122. The molecule has 2 rings (SSSR count). The topological polar surface area (TPSA) is 64.4 Å². The SMILES string of the molecule is CC(N)CC(=O)NC1CCC2(CCOCC2)CC1.Cl. The van der Waals surface area contributed by atoms with Crippen molar-refractivity contribution in [1.82, 2.24) is 5.32 Å². The molecule has 1 amide bonds. The average molecular weight is 291 g/mol. The maximum Gasteiger partial charge on any atom is 0.221 e. The summed E-state index contributed by atoms with van der Waals surface area (Å²) in [6.07, 6.45) is 7.55. The first-order chi connectivity index (χ1) is 8.60. The fourth-order valence-electron chi connectivity index (χ4n) is 3.26. The summed E-state index contributed by atoms with van der Waals surface area (Å²) < 4.78 is 5.45. The fraction of sp³-hybridized carbons (Fsp3) is 0.929. The monoisotopic (exact) mass is 290 g/mol. The van der Waals surface area contributed by atoms with Crippen LogP contribution in [0.25, 0.3) is 0 Å². The van der Waals surface area contributed by atoms with E-state index in [1.165, 1.54) is 25.7 Å². The Kier molecular flexibility index (Phi) is 6.57. The molecule has 2 aliphatic rings. The molecule has 1 saturated carbocycles. The summed E-state index contributed by atoms with van der Waals surface area (Å²) in [5.41, 5.74) is 6.15. The van der Waals surface area contributed by atoms with Gasteiger partial charge in [-0.1, -0.05) is 0 Å². The standard InChI is InChI=1S/C14H26N2O2.ClH/c1-11(15)10-13(17)16-12-2-4-14(5-3-12)6-8-18-9-7-14;/h11-12H,2-10,15H2,1H3,(H,16,17);1H. The lowest BCUT2D eigenvalue weighted by Gasteiger charge is -2.42. The van der Waals surface area contributed by atoms with Gasteiger partial charge in [-0.25, -0.2) is 0 Å². The first-order valence-electron chi connectivity index (χ1n) is 7.22. The van der Waals surface area contributed by atoms with E-state index in [1.54, 1.807) is 0 Å². The highest BCUT2D eigenvalue weighted by molar-refractivity contribution is 5.85. The third-order valence-electron chi connectivity index (χ3n) is 4.47. The van der Waals surface area contributed by atoms with Gasteiger partial charge in [0.2, 0.25) is 5.91 Å². The molecule has 1 heterocycles. The van der Waals surface area contributed by atoms with Gasteiger partial charge in [0, 0.05) is 31.7 Å². The summed E-state index contributed by atoms with van der Waals surface area (Å²) in [5, 5.41) is 3.12. The van der Waals surface area contributed by atoms with Crippen LogP contribution in [0.15, 0.2) is 0 Å². The van der Waals surface area contributed by atoms with Crippen LogP contribution in [-0.2, 0) is 9.53 Å². The number of ether oxygens (including phenoxy) is 1. The van der Waals surface area contributed by atoms with Gasteiger partial charge in [0.1, 0.15) is 0 Å². The molecule has 19 heavy (non-hydrogen) atoms. The van der Waals surface area contributed by atoms with E-state index in [2.05, 4.69) is 5.32 Å². The second-order valence-electron chi connectivity index (χ2n) is 6.14. The van der Waals surface area contributed by atoms with Crippen LogP contribution >= 0.6 is 12.4 Å². The number of carbonyl (C=O) groups excluding carboxylic acids is 1. The number of carbonyl (C=O) groups is 1. The smallest absolute Gasteiger partial charge is 0.221 e. The maximum absolute atomic E-state index is 11.7. The van der Waals surface area contributed by atoms with E-state index in [-0.39, 0.29) is 24.4 Å². The van der Waals surface area contributed by atoms with Crippen LogP contribution in [0.3, 0.4) is 0 Å². The lowest BCUT2D eigenvalue weighted by Crippen LogP contribution is -2.43. The number of halogens is 1. The molecule has 1 unspecified atom stereocenters. The van der Waals surface area contributed by atoms with Crippen molar-refractivity contribution in [2.24, 2.45) is 11.1 Å². The number of rotatable bonds is 3. The Morgan fingerprint density at radius 1 is 1.32 bits per heavy atom. The fourth-order valence-corrected chi connectivity index (χ4v) is 3.26. The van der Waals surface area contributed by atoms with E-state index < -0.39 is 0 Å². The highest BCUT2D eigenvalue weighted by atomic mass is 35.5. The van der Waals surface area contributed by atoms with Gasteiger partial charge < -0.3 is 15.8 Å². The molecule has 1 saturated heterocycles. The summed E-state index contributed by atoms with van der Waals surface area (Å²) >= 11 is 0. The molecule has 4 nitrogen and oxygen atoms in total. The first kappa shape index (κ1) is 16.7. The van der Waals surface area contributed by atoms with Gasteiger partial charge >= 0.3 is 0 Å². The summed E-state index contributed by atoms with van der Waals surface area (Å²) in [4.78, 5) is 11.7. The molecular weight excluding hydrogens is 264 g/mol. The molecule has 112 valence electrons. The van der Waals surface area contributed by atoms with Crippen molar-refractivity contribution >= 4 is 18.3 Å². The highest BCUT2D eigenvalue weighted by Gasteiger charge is 2.36. The van der Waals surface area contributed by atoms with Crippen LogP contribution in [0.2, 0.25) is 0 Å². The summed E-state index contributed by atoms with van der Waals surface area (Å²) in [5.74, 6) is 0.109. The predicted octanol–water partition coefficient (Wildman–Crippen LogP) is 2.00. The lowest BCUT2D eigenvalue weighted by atomic mass is 9.68. The Balaban J connectivity index is 0.00000180. The van der Waals surface area contributed by atoms with Gasteiger partial charge in [-0.15, -0.1) is 12.4 Å². The molecule has 0 aromatic carbocycles. The van der Waals surface area contributed by atoms with Crippen molar-refractivity contribution in [3.63, 3.8) is 0 Å². The Morgan fingerprint density at radius 3 is 2.42 bits per heavy atom. The van der Waals surface area contributed by atoms with Gasteiger partial charge in [0.25, 0.3) is 0 Å². The molecule has 2 fully saturated rings. The predicted molar refractivity (Wildman–Crippen MR) is 78.4 cm³/mol. The molecule has 1 atom stereocenters. The molecule has 0 radical (unpaired) electrons. The Hall–Kier alpha value is -0.320. The minimum absolute atomic E-state index is 0. The molecule has 1 aliphatic heterocycles. The van der Waals surface area contributed by atoms with Gasteiger partial charge in [-0.2, -0.15) is 0 Å². The molecular formula is C14H27ClN2O2. The summed E-state index contributed by atoms with van der Waals surface area (Å²) in [7, 11) is 0. The highest BCUT2D eigenvalue weighted by Crippen LogP contribution is 2.44. The Bertz CT molecular complexity index is 281. The van der Waals surface area contributed by atoms with Crippen molar-refractivity contribution in [3.05, 3.63) is 0 Å². The first-order valence-corrected chi connectivity index (χ1v) is 7.22. The molecule has 3 N–H and O–H groups in total. The normalized spacial score (nSPS) is 24.5. The number of hydrogen-bond donors (Lipinski definition) is 2. The van der Waals surface area contributed by atoms with Gasteiger partial charge in [0.05, 0.1) is 0 Å². The zero-order chi connectivity index (χ0) is 13.0. The van der Waals surface area contributed by atoms with E-state index in [4.69, 9.17) is 10.5 Å². The Labute approximate surface area is 122 Å². The van der Waals surface area contributed by atoms with E-state index in [1.807, 2.05) is 6.92 Å². The van der Waals surface area contributed by atoms with Gasteiger partial charge in [-0.05, 0) is 50.9 Å². The van der Waals surface area contributed by atoms with Crippen LogP contribution < -0.4 is 11.1 Å². The molecule has 0 bridgehead atoms. The zero-order valence-electron chi connectivity index (χ0n) is 11.8. The summed E-state index contributed by atoms with van der Waals surface area (Å²) in [6.45, 7) is 3.71. The number of amides is 1. The third kappa shape index (κ3) is 4.93. The van der Waals surface area contributed by atoms with E-state index in [0.29, 0.717) is 17.9 Å². The van der Waals surface area contributed by atoms with Crippen LogP contribution in [0, 0.1) is 5.41 Å². The molecule has 0 aromatic rings. The number of nitrogens with two attached hydrogens (primary N) is 1. The van der Waals surface area contributed by atoms with Crippen molar-refractivity contribution in [2.45, 2.75) is 64.0 Å². The quantitative estimate of drug-likeness (QED) is 0.835.